The van der Waals surface area contributed by atoms with Gasteiger partial charge in [0.05, 0.1) is 15.7 Å². The Labute approximate surface area is 129 Å². The Balaban J connectivity index is 2.74. The maximum atomic E-state index is 13.2. The van der Waals surface area contributed by atoms with Gasteiger partial charge in [0.25, 0.3) is 0 Å². The molecule has 0 radical (unpaired) electrons. The zero-order chi connectivity index (χ0) is 16.0. The Bertz CT molecular complexity index is 570. The quantitative estimate of drug-likeness (QED) is 0.347. The van der Waals surface area contributed by atoms with E-state index >= 15 is 0 Å². The molecular weight excluding hydrogens is 326 g/mol. The van der Waals surface area contributed by atoms with Gasteiger partial charge >= 0.3 is 11.9 Å². The summed E-state index contributed by atoms with van der Waals surface area (Å²) in [5.74, 6) is -3.10. The fourth-order valence-corrected chi connectivity index (χ4v) is 1.79. The highest BCUT2D eigenvalue weighted by atomic mass is 35.5. The largest absolute Gasteiger partial charge is 0.481 e. The molecule has 0 fully saturated rings. The highest BCUT2D eigenvalue weighted by Crippen LogP contribution is 2.26. The van der Waals surface area contributed by atoms with E-state index in [-0.39, 0.29) is 34.3 Å². The van der Waals surface area contributed by atoms with Gasteiger partial charge in [-0.25, -0.2) is 9.18 Å². The summed E-state index contributed by atoms with van der Waals surface area (Å²) >= 11 is 11.2. The number of carbonyl (C=O) groups is 2. The van der Waals surface area contributed by atoms with Crippen molar-refractivity contribution in [2.24, 2.45) is 0 Å². The average Bonchev–Trinajstić information content (AvgIpc) is 2.38. The third kappa shape index (κ3) is 5.49. The molecule has 0 aliphatic heterocycles. The summed E-state index contributed by atoms with van der Waals surface area (Å²) in [5, 5.41) is 17.0. The molecule has 4 N–H and O–H groups in total. The van der Waals surface area contributed by atoms with Crippen LogP contribution >= 0.6 is 23.2 Å². The number of hydrogen-bond acceptors (Lipinski definition) is 4. The number of hydrogen-bond donors (Lipinski definition) is 4. The van der Waals surface area contributed by atoms with E-state index in [1.54, 1.807) is 0 Å². The first-order valence-corrected chi connectivity index (χ1v) is 6.38. The third-order valence-corrected chi connectivity index (χ3v) is 2.81. The van der Waals surface area contributed by atoms with Crippen LogP contribution < -0.4 is 10.9 Å². The SMILES string of the molecule is O=C(O)CCC=C(NNc1cc(Cl)c(F)c(Cl)c1)C(=O)O. The van der Waals surface area contributed by atoms with Crippen LogP contribution in [-0.4, -0.2) is 22.2 Å². The van der Waals surface area contributed by atoms with Crippen LogP contribution in [0.4, 0.5) is 10.1 Å². The van der Waals surface area contributed by atoms with E-state index in [9.17, 15) is 14.0 Å². The van der Waals surface area contributed by atoms with Gasteiger partial charge in [-0.05, 0) is 18.6 Å². The number of carboxylic acids is 2. The summed E-state index contributed by atoms with van der Waals surface area (Å²) in [7, 11) is 0. The number of allylic oxidation sites excluding steroid dienone is 1. The molecule has 0 atom stereocenters. The molecule has 1 rings (SSSR count). The van der Waals surface area contributed by atoms with E-state index in [0.29, 0.717) is 0 Å². The van der Waals surface area contributed by atoms with Crippen LogP contribution in [0.1, 0.15) is 12.8 Å². The van der Waals surface area contributed by atoms with Crippen LogP contribution in [0.2, 0.25) is 10.0 Å². The Morgan fingerprint density at radius 3 is 2.29 bits per heavy atom. The van der Waals surface area contributed by atoms with E-state index in [2.05, 4.69) is 10.9 Å². The van der Waals surface area contributed by atoms with Crippen molar-refractivity contribution in [2.45, 2.75) is 12.8 Å². The Hall–Kier alpha value is -1.99. The van der Waals surface area contributed by atoms with Crippen molar-refractivity contribution < 1.29 is 24.2 Å². The number of rotatable bonds is 7. The maximum absolute atomic E-state index is 13.2. The fraction of sp³-hybridized carbons (Fsp3) is 0.167. The Kier molecular flexibility index (Phi) is 6.26. The minimum absolute atomic E-state index is 0.0383. The molecule has 21 heavy (non-hydrogen) atoms. The van der Waals surface area contributed by atoms with Gasteiger partial charge < -0.3 is 15.6 Å². The molecule has 9 heteroatoms. The molecule has 6 nitrogen and oxygen atoms in total. The fourth-order valence-electron chi connectivity index (χ4n) is 1.30. The normalized spacial score (nSPS) is 11.1. The second-order valence-electron chi connectivity index (χ2n) is 3.86. The van der Waals surface area contributed by atoms with Gasteiger partial charge in [-0.1, -0.05) is 29.3 Å². The van der Waals surface area contributed by atoms with E-state index < -0.39 is 17.8 Å². The predicted molar refractivity (Wildman–Crippen MR) is 75.8 cm³/mol. The van der Waals surface area contributed by atoms with Crippen molar-refractivity contribution in [3.05, 3.63) is 39.8 Å². The van der Waals surface area contributed by atoms with Gasteiger partial charge in [-0.2, -0.15) is 0 Å². The van der Waals surface area contributed by atoms with Crippen molar-refractivity contribution in [1.29, 1.82) is 0 Å². The average molecular weight is 337 g/mol. The standard InChI is InChI=1S/C12H11Cl2FN2O4/c13-7-4-6(5-8(14)11(7)15)16-17-9(12(20)21)2-1-3-10(18)19/h2,4-5,16-17H,1,3H2,(H,18,19)(H,20,21). The van der Waals surface area contributed by atoms with Crippen LogP contribution in [0.25, 0.3) is 0 Å². The molecule has 0 spiro atoms. The van der Waals surface area contributed by atoms with Crippen LogP contribution in [0.5, 0.6) is 0 Å². The first-order chi connectivity index (χ1) is 9.81. The first-order valence-electron chi connectivity index (χ1n) is 5.63. The minimum Gasteiger partial charge on any atom is -0.481 e. The first kappa shape index (κ1) is 17.1. The summed E-state index contributed by atoms with van der Waals surface area (Å²) in [6, 6.07) is 2.43. The lowest BCUT2D eigenvalue weighted by molar-refractivity contribution is -0.137. The predicted octanol–water partition coefficient (Wildman–Crippen LogP) is 2.88. The number of hydrazine groups is 1. The molecule has 114 valence electrons. The molecular formula is C12H11Cl2FN2O4. The minimum atomic E-state index is -1.29. The van der Waals surface area contributed by atoms with Gasteiger partial charge in [0.2, 0.25) is 0 Å². The van der Waals surface area contributed by atoms with E-state index in [1.807, 2.05) is 0 Å². The Morgan fingerprint density at radius 1 is 1.24 bits per heavy atom. The summed E-state index contributed by atoms with van der Waals surface area (Å²) in [6.45, 7) is 0. The highest BCUT2D eigenvalue weighted by molar-refractivity contribution is 6.35. The van der Waals surface area contributed by atoms with Gasteiger partial charge in [0.1, 0.15) is 5.70 Å². The second-order valence-corrected chi connectivity index (χ2v) is 4.67. The summed E-state index contributed by atoms with van der Waals surface area (Å²) in [5.41, 5.74) is 4.84. The molecule has 0 heterocycles. The molecule has 1 aromatic carbocycles. The molecule has 0 bridgehead atoms. The van der Waals surface area contributed by atoms with Gasteiger partial charge in [0.15, 0.2) is 5.82 Å². The zero-order valence-electron chi connectivity index (χ0n) is 10.5. The van der Waals surface area contributed by atoms with Crippen LogP contribution in [0.3, 0.4) is 0 Å². The number of anilines is 1. The summed E-state index contributed by atoms with van der Waals surface area (Å²) in [6.07, 6.45) is 1.04. The monoisotopic (exact) mass is 336 g/mol. The molecule has 0 aliphatic carbocycles. The topological polar surface area (TPSA) is 98.7 Å². The Morgan fingerprint density at radius 2 is 1.81 bits per heavy atom. The number of aliphatic carboxylic acids is 2. The van der Waals surface area contributed by atoms with Crippen molar-refractivity contribution in [3.8, 4) is 0 Å². The van der Waals surface area contributed by atoms with Gasteiger partial charge in [-0.3, -0.25) is 10.2 Å². The smallest absolute Gasteiger partial charge is 0.353 e. The van der Waals surface area contributed by atoms with Crippen molar-refractivity contribution in [2.75, 3.05) is 5.43 Å². The van der Waals surface area contributed by atoms with Crippen LogP contribution in [0, 0.1) is 5.82 Å². The van der Waals surface area contributed by atoms with E-state index in [4.69, 9.17) is 33.4 Å². The van der Waals surface area contributed by atoms with Crippen molar-refractivity contribution >= 4 is 40.8 Å². The molecule has 0 saturated carbocycles. The van der Waals surface area contributed by atoms with Gasteiger partial charge in [-0.15, -0.1) is 0 Å². The summed E-state index contributed by atoms with van der Waals surface area (Å²) < 4.78 is 13.2. The molecule has 0 aromatic heterocycles. The molecule has 0 amide bonds. The maximum Gasteiger partial charge on any atom is 0.353 e. The lowest BCUT2D eigenvalue weighted by atomic mass is 10.2. The highest BCUT2D eigenvalue weighted by Gasteiger charge is 2.10. The molecule has 1 aromatic rings. The molecule has 0 unspecified atom stereocenters. The number of carboxylic acid groups (broad SMARTS) is 2. The lowest BCUT2D eigenvalue weighted by Crippen LogP contribution is -2.26. The molecule has 0 aliphatic rings. The van der Waals surface area contributed by atoms with Crippen molar-refractivity contribution in [1.82, 2.24) is 5.43 Å². The number of nitrogens with one attached hydrogen (secondary N) is 2. The second kappa shape index (κ2) is 7.70. The zero-order valence-corrected chi connectivity index (χ0v) is 12.0. The van der Waals surface area contributed by atoms with Gasteiger partial charge in [0, 0.05) is 6.42 Å². The number of halogens is 3. The van der Waals surface area contributed by atoms with E-state index in [0.717, 1.165) is 0 Å². The van der Waals surface area contributed by atoms with Crippen LogP contribution in [-0.2, 0) is 9.59 Å². The molecule has 0 saturated heterocycles. The third-order valence-electron chi connectivity index (χ3n) is 2.26. The van der Waals surface area contributed by atoms with Crippen molar-refractivity contribution in [3.63, 3.8) is 0 Å². The summed E-state index contributed by atoms with van der Waals surface area (Å²) in [4.78, 5) is 21.3. The van der Waals surface area contributed by atoms with Crippen LogP contribution in [0.15, 0.2) is 23.9 Å². The lowest BCUT2D eigenvalue weighted by Gasteiger charge is -2.11. The number of benzene rings is 1. The van der Waals surface area contributed by atoms with E-state index in [1.165, 1.54) is 18.2 Å².